The fourth-order valence-electron chi connectivity index (χ4n) is 1.76. The molecular weight excluding hydrogens is 336 g/mol. The molecule has 0 saturated carbocycles. The fourth-order valence-corrected chi connectivity index (χ4v) is 1.76. The van der Waals surface area contributed by atoms with Crippen LogP contribution >= 0.6 is 0 Å². The highest BCUT2D eigenvalue weighted by atomic mass is 16.6. The number of hydrogen-bond donors (Lipinski definition) is 1. The lowest BCUT2D eigenvalue weighted by molar-refractivity contribution is -0.128. The number of ether oxygens (including phenoxy) is 1. The number of carbonyl (C=O) groups excluding carboxylic acids is 2. The smallest absolute Gasteiger partial charge is 0.410 e. The van der Waals surface area contributed by atoms with Crippen molar-refractivity contribution in [2.45, 2.75) is 66.5 Å². The van der Waals surface area contributed by atoms with Crippen molar-refractivity contribution in [1.29, 1.82) is 0 Å². The minimum absolute atomic E-state index is 0.00944. The first kappa shape index (κ1) is 21.7. The summed E-state index contributed by atoms with van der Waals surface area (Å²) < 4.78 is 5.26. The standard InChI is InChI=1S/C17H30N6O3/c1-16(2,3)14(24)18-10-8-9-12-19-21-13(22-20-12)11-23(7)15(25)26-17(4,5)6/h8-11H2,1-7H3,(H,18,24). The third-order valence-corrected chi connectivity index (χ3v) is 3.19. The molecule has 0 radical (unpaired) electrons. The molecule has 0 atom stereocenters. The fraction of sp³-hybridized carbons (Fsp3) is 0.765. The van der Waals surface area contributed by atoms with E-state index in [1.54, 1.807) is 27.8 Å². The Balaban J connectivity index is 2.41. The lowest BCUT2D eigenvalue weighted by atomic mass is 9.96. The number of nitrogens with one attached hydrogen (secondary N) is 1. The Labute approximate surface area is 154 Å². The van der Waals surface area contributed by atoms with Gasteiger partial charge in [0.05, 0.1) is 6.54 Å². The minimum atomic E-state index is -0.561. The van der Waals surface area contributed by atoms with Crippen LogP contribution in [0.3, 0.4) is 0 Å². The van der Waals surface area contributed by atoms with Crippen LogP contribution in [-0.4, -0.2) is 56.5 Å². The molecule has 1 aromatic heterocycles. The predicted molar refractivity (Wildman–Crippen MR) is 96.1 cm³/mol. The van der Waals surface area contributed by atoms with Crippen LogP contribution in [0.4, 0.5) is 4.79 Å². The van der Waals surface area contributed by atoms with E-state index in [9.17, 15) is 9.59 Å². The van der Waals surface area contributed by atoms with Crippen LogP contribution in [0.5, 0.6) is 0 Å². The summed E-state index contributed by atoms with van der Waals surface area (Å²) in [6.07, 6.45) is 0.800. The van der Waals surface area contributed by atoms with E-state index < -0.39 is 17.1 Å². The molecule has 0 saturated heterocycles. The number of nitrogens with zero attached hydrogens (tertiary/aromatic N) is 5. The Morgan fingerprint density at radius 2 is 1.54 bits per heavy atom. The van der Waals surface area contributed by atoms with Crippen molar-refractivity contribution in [3.63, 3.8) is 0 Å². The lowest BCUT2D eigenvalue weighted by Gasteiger charge is -2.23. The molecule has 2 amide bonds. The maximum Gasteiger partial charge on any atom is 0.410 e. The first-order valence-corrected chi connectivity index (χ1v) is 8.66. The molecule has 0 aliphatic carbocycles. The maximum atomic E-state index is 11.9. The van der Waals surface area contributed by atoms with E-state index in [0.29, 0.717) is 31.0 Å². The third kappa shape index (κ3) is 8.17. The number of hydrogen-bond acceptors (Lipinski definition) is 7. The van der Waals surface area contributed by atoms with Crippen LogP contribution in [-0.2, 0) is 22.5 Å². The van der Waals surface area contributed by atoms with Gasteiger partial charge in [-0.05, 0) is 27.2 Å². The molecule has 0 aromatic carbocycles. The summed E-state index contributed by atoms with van der Waals surface area (Å²) in [6, 6.07) is 0. The molecule has 0 fully saturated rings. The molecule has 0 bridgehead atoms. The molecule has 9 nitrogen and oxygen atoms in total. The largest absolute Gasteiger partial charge is 0.444 e. The SMILES string of the molecule is CN(Cc1nnc(CCCNC(=O)C(C)(C)C)nn1)C(=O)OC(C)(C)C. The quantitative estimate of drug-likeness (QED) is 0.763. The van der Waals surface area contributed by atoms with Crippen molar-refractivity contribution in [2.24, 2.45) is 5.41 Å². The van der Waals surface area contributed by atoms with Gasteiger partial charge in [0.25, 0.3) is 0 Å². The first-order valence-electron chi connectivity index (χ1n) is 8.66. The highest BCUT2D eigenvalue weighted by Crippen LogP contribution is 2.12. The predicted octanol–water partition coefficient (Wildman–Crippen LogP) is 1.73. The van der Waals surface area contributed by atoms with Crippen LogP contribution in [0, 0.1) is 5.41 Å². The second-order valence-corrected chi connectivity index (χ2v) is 8.18. The Morgan fingerprint density at radius 3 is 2.04 bits per heavy atom. The van der Waals surface area contributed by atoms with Gasteiger partial charge in [-0.1, -0.05) is 20.8 Å². The van der Waals surface area contributed by atoms with E-state index in [1.807, 2.05) is 20.8 Å². The maximum absolute atomic E-state index is 11.9. The van der Waals surface area contributed by atoms with Crippen LogP contribution in [0.1, 0.15) is 59.6 Å². The van der Waals surface area contributed by atoms with Gasteiger partial charge in [-0.15, -0.1) is 20.4 Å². The van der Waals surface area contributed by atoms with Crippen molar-refractivity contribution in [1.82, 2.24) is 30.6 Å². The summed E-state index contributed by atoms with van der Waals surface area (Å²) in [5.41, 5.74) is -0.962. The van der Waals surface area contributed by atoms with Crippen molar-refractivity contribution >= 4 is 12.0 Å². The molecule has 146 valence electrons. The van der Waals surface area contributed by atoms with E-state index in [-0.39, 0.29) is 12.5 Å². The zero-order chi connectivity index (χ0) is 20.0. The number of amides is 2. The van der Waals surface area contributed by atoms with E-state index in [2.05, 4.69) is 25.7 Å². The summed E-state index contributed by atoms with van der Waals surface area (Å²) in [4.78, 5) is 25.0. The highest BCUT2D eigenvalue weighted by Gasteiger charge is 2.21. The van der Waals surface area contributed by atoms with Crippen LogP contribution in [0.2, 0.25) is 0 Å². The molecule has 0 spiro atoms. The molecule has 1 aromatic rings. The van der Waals surface area contributed by atoms with Crippen molar-refractivity contribution in [3.05, 3.63) is 11.6 Å². The van der Waals surface area contributed by atoms with Crippen molar-refractivity contribution in [3.8, 4) is 0 Å². The summed E-state index contributed by atoms with van der Waals surface area (Å²) in [5, 5.41) is 18.9. The summed E-state index contributed by atoms with van der Waals surface area (Å²) in [7, 11) is 1.60. The molecule has 9 heteroatoms. The van der Waals surface area contributed by atoms with Gasteiger partial charge in [0.15, 0.2) is 11.6 Å². The van der Waals surface area contributed by atoms with Crippen molar-refractivity contribution < 1.29 is 14.3 Å². The van der Waals surface area contributed by atoms with E-state index in [1.165, 1.54) is 4.90 Å². The molecule has 1 heterocycles. The summed E-state index contributed by atoms with van der Waals surface area (Å²) >= 11 is 0. The number of carbonyl (C=O) groups is 2. The average Bonchev–Trinajstić information content (AvgIpc) is 2.50. The number of aryl methyl sites for hydroxylation is 1. The topological polar surface area (TPSA) is 110 Å². The Morgan fingerprint density at radius 1 is 1.00 bits per heavy atom. The average molecular weight is 366 g/mol. The molecule has 26 heavy (non-hydrogen) atoms. The van der Waals surface area contributed by atoms with Crippen LogP contribution < -0.4 is 5.32 Å². The van der Waals surface area contributed by atoms with Gasteiger partial charge < -0.3 is 15.0 Å². The molecule has 1 rings (SSSR count). The number of aromatic nitrogens is 4. The monoisotopic (exact) mass is 366 g/mol. The lowest BCUT2D eigenvalue weighted by Crippen LogP contribution is -2.35. The first-order chi connectivity index (χ1) is 11.9. The zero-order valence-electron chi connectivity index (χ0n) is 16.8. The molecule has 0 unspecified atom stereocenters. The minimum Gasteiger partial charge on any atom is -0.444 e. The Kier molecular flexibility index (Phi) is 7.41. The van der Waals surface area contributed by atoms with Crippen LogP contribution in [0.25, 0.3) is 0 Å². The molecular formula is C17H30N6O3. The Hall–Kier alpha value is -2.32. The second-order valence-electron chi connectivity index (χ2n) is 8.18. The third-order valence-electron chi connectivity index (χ3n) is 3.19. The van der Waals surface area contributed by atoms with E-state index >= 15 is 0 Å². The van der Waals surface area contributed by atoms with Gasteiger partial charge in [0.2, 0.25) is 5.91 Å². The van der Waals surface area contributed by atoms with Gasteiger partial charge in [0.1, 0.15) is 5.60 Å². The summed E-state index contributed by atoms with van der Waals surface area (Å²) in [6.45, 7) is 11.7. The Bertz CT molecular complexity index is 604. The van der Waals surface area contributed by atoms with Gasteiger partial charge in [0, 0.05) is 25.4 Å². The summed E-state index contributed by atoms with van der Waals surface area (Å²) in [5.74, 6) is 0.844. The van der Waals surface area contributed by atoms with Crippen molar-refractivity contribution in [2.75, 3.05) is 13.6 Å². The van der Waals surface area contributed by atoms with E-state index in [0.717, 1.165) is 0 Å². The van der Waals surface area contributed by atoms with Gasteiger partial charge in [-0.2, -0.15) is 0 Å². The normalized spacial score (nSPS) is 11.8. The van der Waals surface area contributed by atoms with Crippen LogP contribution in [0.15, 0.2) is 0 Å². The zero-order valence-corrected chi connectivity index (χ0v) is 16.8. The van der Waals surface area contributed by atoms with Gasteiger partial charge in [-0.25, -0.2) is 4.79 Å². The highest BCUT2D eigenvalue weighted by molar-refractivity contribution is 5.81. The van der Waals surface area contributed by atoms with Gasteiger partial charge in [-0.3, -0.25) is 4.79 Å². The molecule has 1 N–H and O–H groups in total. The molecule has 0 aliphatic rings. The molecule has 0 aliphatic heterocycles. The van der Waals surface area contributed by atoms with Gasteiger partial charge >= 0.3 is 6.09 Å². The second kappa shape index (κ2) is 8.86. The van der Waals surface area contributed by atoms with E-state index in [4.69, 9.17) is 4.74 Å². The number of rotatable bonds is 6.